The van der Waals surface area contributed by atoms with Gasteiger partial charge in [0.25, 0.3) is 0 Å². The van der Waals surface area contributed by atoms with Gasteiger partial charge in [0.2, 0.25) is 0 Å². The topological polar surface area (TPSA) is 41.5 Å². The van der Waals surface area contributed by atoms with Gasteiger partial charge >= 0.3 is 6.36 Å². The van der Waals surface area contributed by atoms with E-state index in [4.69, 9.17) is 5.11 Å². The van der Waals surface area contributed by atoms with E-state index in [1.807, 2.05) is 0 Å². The number of hydrogen-bond acceptors (Lipinski definition) is 3. The van der Waals surface area contributed by atoms with Crippen LogP contribution < -0.4 is 10.1 Å². The molecule has 90 valence electrons. The maximum atomic E-state index is 11.9. The van der Waals surface area contributed by atoms with E-state index in [0.29, 0.717) is 5.69 Å². The molecule has 0 aliphatic rings. The van der Waals surface area contributed by atoms with Gasteiger partial charge in [0, 0.05) is 18.3 Å². The Bertz CT molecular complexity index is 339. The minimum absolute atomic E-state index is 0.259. The first-order valence-corrected chi connectivity index (χ1v) is 4.64. The van der Waals surface area contributed by atoms with Crippen LogP contribution >= 0.6 is 0 Å². The highest BCUT2D eigenvalue weighted by Gasteiger charge is 2.31. The average Bonchev–Trinajstić information content (AvgIpc) is 2.12. The molecule has 6 heteroatoms. The maximum absolute atomic E-state index is 11.9. The zero-order valence-electron chi connectivity index (χ0n) is 8.58. The summed E-state index contributed by atoms with van der Waals surface area (Å²) in [5.74, 6) is -0.289. The summed E-state index contributed by atoms with van der Waals surface area (Å²) in [6, 6.07) is 5.45. The fraction of sp³-hybridized carbons (Fsp3) is 0.400. The Morgan fingerprint density at radius 3 is 2.69 bits per heavy atom. The minimum Gasteiger partial charge on any atom is -0.406 e. The summed E-state index contributed by atoms with van der Waals surface area (Å²) in [6.45, 7) is 1.83. The molecule has 0 saturated carbocycles. The van der Waals surface area contributed by atoms with Gasteiger partial charge in [-0.2, -0.15) is 0 Å². The summed E-state index contributed by atoms with van der Waals surface area (Å²) < 4.78 is 39.5. The summed E-state index contributed by atoms with van der Waals surface area (Å²) in [5.41, 5.74) is 0.461. The van der Waals surface area contributed by atoms with E-state index in [9.17, 15) is 13.2 Å². The van der Waals surface area contributed by atoms with Crippen LogP contribution in [-0.4, -0.2) is 24.1 Å². The first-order valence-electron chi connectivity index (χ1n) is 4.64. The fourth-order valence-electron chi connectivity index (χ4n) is 1.07. The maximum Gasteiger partial charge on any atom is 0.573 e. The molecular weight excluding hydrogens is 223 g/mol. The molecule has 1 aromatic rings. The van der Waals surface area contributed by atoms with Crippen LogP contribution in [0.2, 0.25) is 0 Å². The van der Waals surface area contributed by atoms with Crippen molar-refractivity contribution in [3.05, 3.63) is 24.3 Å². The number of rotatable bonds is 4. The van der Waals surface area contributed by atoms with Gasteiger partial charge in [0.1, 0.15) is 5.75 Å². The predicted octanol–water partition coefficient (Wildman–Crippen LogP) is 2.38. The number of halogens is 3. The lowest BCUT2D eigenvalue weighted by molar-refractivity contribution is -0.274. The smallest absolute Gasteiger partial charge is 0.406 e. The van der Waals surface area contributed by atoms with E-state index in [0.717, 1.165) is 0 Å². The number of benzene rings is 1. The highest BCUT2D eigenvalue weighted by atomic mass is 19.4. The zero-order chi connectivity index (χ0) is 12.2. The fourth-order valence-corrected chi connectivity index (χ4v) is 1.07. The molecule has 0 aliphatic heterocycles. The van der Waals surface area contributed by atoms with E-state index < -0.39 is 12.5 Å². The molecule has 0 fully saturated rings. The third kappa shape index (κ3) is 4.88. The van der Waals surface area contributed by atoms with Gasteiger partial charge in [0.15, 0.2) is 0 Å². The minimum atomic E-state index is -4.69. The van der Waals surface area contributed by atoms with Crippen LogP contribution in [0.4, 0.5) is 18.9 Å². The lowest BCUT2D eigenvalue weighted by Gasteiger charge is -2.12. The third-order valence-electron chi connectivity index (χ3n) is 1.67. The summed E-state index contributed by atoms with van der Waals surface area (Å²) in [4.78, 5) is 0. The third-order valence-corrected chi connectivity index (χ3v) is 1.67. The van der Waals surface area contributed by atoms with Crippen LogP contribution in [0.5, 0.6) is 5.75 Å². The van der Waals surface area contributed by atoms with Gasteiger partial charge in [0.05, 0.1) is 6.10 Å². The summed E-state index contributed by atoms with van der Waals surface area (Å²) >= 11 is 0. The molecule has 1 atom stereocenters. The highest BCUT2D eigenvalue weighted by Crippen LogP contribution is 2.24. The number of nitrogens with one attached hydrogen (secondary N) is 1. The van der Waals surface area contributed by atoms with Crippen LogP contribution in [0.15, 0.2) is 24.3 Å². The molecule has 1 rings (SSSR count). The molecule has 0 radical (unpaired) electrons. The van der Waals surface area contributed by atoms with Crippen molar-refractivity contribution < 1.29 is 23.0 Å². The quantitative estimate of drug-likeness (QED) is 0.841. The van der Waals surface area contributed by atoms with Crippen molar-refractivity contribution in [1.82, 2.24) is 0 Å². The van der Waals surface area contributed by atoms with Gasteiger partial charge in [-0.05, 0) is 19.1 Å². The predicted molar refractivity (Wildman–Crippen MR) is 53.3 cm³/mol. The average molecular weight is 235 g/mol. The SMILES string of the molecule is CC(O)CNc1cccc(OC(F)(F)F)c1. The number of aliphatic hydroxyl groups excluding tert-OH is 1. The van der Waals surface area contributed by atoms with Crippen molar-refractivity contribution in [2.45, 2.75) is 19.4 Å². The van der Waals surface area contributed by atoms with Crippen molar-refractivity contribution in [2.24, 2.45) is 0 Å². The molecule has 1 aromatic carbocycles. The molecule has 1 unspecified atom stereocenters. The Balaban J connectivity index is 2.64. The largest absolute Gasteiger partial charge is 0.573 e. The van der Waals surface area contributed by atoms with Crippen molar-refractivity contribution in [3.63, 3.8) is 0 Å². The van der Waals surface area contributed by atoms with Crippen molar-refractivity contribution in [3.8, 4) is 5.75 Å². The molecule has 0 aliphatic carbocycles. The molecule has 0 saturated heterocycles. The molecule has 2 N–H and O–H groups in total. The van der Waals surface area contributed by atoms with Gasteiger partial charge in [-0.25, -0.2) is 0 Å². The van der Waals surface area contributed by atoms with Crippen LogP contribution in [0.1, 0.15) is 6.92 Å². The first-order chi connectivity index (χ1) is 7.37. The number of alkyl halides is 3. The van der Waals surface area contributed by atoms with E-state index in [-0.39, 0.29) is 12.3 Å². The van der Waals surface area contributed by atoms with E-state index in [1.165, 1.54) is 18.2 Å². The molecule has 0 amide bonds. The molecule has 0 heterocycles. The highest BCUT2D eigenvalue weighted by molar-refractivity contribution is 5.48. The number of hydrogen-bond donors (Lipinski definition) is 2. The van der Waals surface area contributed by atoms with Crippen molar-refractivity contribution >= 4 is 5.69 Å². The number of anilines is 1. The zero-order valence-corrected chi connectivity index (χ0v) is 8.58. The summed E-state index contributed by atoms with van der Waals surface area (Å²) in [5, 5.41) is 11.8. The molecule has 0 aromatic heterocycles. The Morgan fingerprint density at radius 1 is 1.44 bits per heavy atom. The van der Waals surface area contributed by atoms with E-state index in [2.05, 4.69) is 10.1 Å². The number of ether oxygens (including phenoxy) is 1. The van der Waals surface area contributed by atoms with Gasteiger partial charge < -0.3 is 15.2 Å². The number of aliphatic hydroxyl groups is 1. The second kappa shape index (κ2) is 5.07. The summed E-state index contributed by atoms with van der Waals surface area (Å²) in [6.07, 6.45) is -5.27. The van der Waals surface area contributed by atoms with Gasteiger partial charge in [-0.3, -0.25) is 0 Å². The second-order valence-electron chi connectivity index (χ2n) is 3.31. The standard InChI is InChI=1S/C10H12F3NO2/c1-7(15)6-14-8-3-2-4-9(5-8)16-10(11,12)13/h2-5,7,14-15H,6H2,1H3. The second-order valence-corrected chi connectivity index (χ2v) is 3.31. The van der Waals surface area contributed by atoms with Crippen LogP contribution in [-0.2, 0) is 0 Å². The lowest BCUT2D eigenvalue weighted by Crippen LogP contribution is -2.18. The Labute approximate surface area is 90.8 Å². The summed E-state index contributed by atoms with van der Waals surface area (Å²) in [7, 11) is 0. The molecule has 0 spiro atoms. The van der Waals surface area contributed by atoms with Crippen LogP contribution in [0.25, 0.3) is 0 Å². The van der Waals surface area contributed by atoms with Crippen LogP contribution in [0, 0.1) is 0 Å². The Morgan fingerprint density at radius 2 is 2.12 bits per heavy atom. The van der Waals surface area contributed by atoms with Crippen LogP contribution in [0.3, 0.4) is 0 Å². The lowest BCUT2D eigenvalue weighted by atomic mass is 10.3. The van der Waals surface area contributed by atoms with E-state index in [1.54, 1.807) is 13.0 Å². The van der Waals surface area contributed by atoms with Crippen molar-refractivity contribution in [2.75, 3.05) is 11.9 Å². The molecule has 16 heavy (non-hydrogen) atoms. The van der Waals surface area contributed by atoms with Gasteiger partial charge in [-0.15, -0.1) is 13.2 Å². The Hall–Kier alpha value is -1.43. The van der Waals surface area contributed by atoms with Crippen molar-refractivity contribution in [1.29, 1.82) is 0 Å². The first kappa shape index (κ1) is 12.6. The Kier molecular flexibility index (Phi) is 4.00. The van der Waals surface area contributed by atoms with E-state index >= 15 is 0 Å². The molecule has 0 bridgehead atoms. The normalized spacial score (nSPS) is 13.3. The van der Waals surface area contributed by atoms with Gasteiger partial charge in [-0.1, -0.05) is 6.07 Å². The molecular formula is C10H12F3NO2. The molecule has 3 nitrogen and oxygen atoms in total. The monoisotopic (exact) mass is 235 g/mol.